The minimum absolute atomic E-state index is 0.0426. The Morgan fingerprint density at radius 2 is 1.04 bits per heavy atom. The average Bonchev–Trinajstić information content (AvgIpc) is 3.13. The predicted molar refractivity (Wildman–Crippen MR) is 215 cm³/mol. The molecule has 0 aliphatic rings. The van der Waals surface area contributed by atoms with Crippen molar-refractivity contribution in [2.24, 2.45) is 5.73 Å². The highest BCUT2D eigenvalue weighted by Gasteiger charge is 2.25. The summed E-state index contributed by atoms with van der Waals surface area (Å²) in [5.74, 6) is -0.890. The number of phosphoric acid groups is 1. The Balaban J connectivity index is 4.30. The van der Waals surface area contributed by atoms with Gasteiger partial charge in [-0.3, -0.25) is 18.6 Å². The van der Waals surface area contributed by atoms with E-state index in [9.17, 15) is 19.0 Å². The SMILES string of the molecule is CCC/C=C/C/C=C/C/C=C/C/C=C/CCCCCC(=O)OC[C@H](COP(=O)(O)OCCN)OC(=O)CCCCCCC/C=C/C/C=C/CCCC. The van der Waals surface area contributed by atoms with Gasteiger partial charge in [0, 0.05) is 19.4 Å². The van der Waals surface area contributed by atoms with Gasteiger partial charge in [0.05, 0.1) is 13.2 Å². The first kappa shape index (κ1) is 49.5. The topological polar surface area (TPSA) is 134 Å². The van der Waals surface area contributed by atoms with Crippen LogP contribution in [0.5, 0.6) is 0 Å². The van der Waals surface area contributed by atoms with Gasteiger partial charge in [0.25, 0.3) is 0 Å². The number of allylic oxidation sites excluding steroid dienone is 12. The monoisotopic (exact) mass is 749 g/mol. The molecule has 298 valence electrons. The molecule has 0 bridgehead atoms. The number of esters is 2. The molecule has 0 saturated heterocycles. The molecule has 0 aromatic carbocycles. The fraction of sp³-hybridized carbons (Fsp3) is 0.667. The van der Waals surface area contributed by atoms with Crippen LogP contribution in [0.3, 0.4) is 0 Å². The van der Waals surface area contributed by atoms with Crippen LogP contribution >= 0.6 is 7.82 Å². The minimum atomic E-state index is -4.39. The molecule has 3 N–H and O–H groups in total. The van der Waals surface area contributed by atoms with Gasteiger partial charge in [0.15, 0.2) is 6.10 Å². The molecule has 9 nitrogen and oxygen atoms in total. The van der Waals surface area contributed by atoms with Gasteiger partial charge in [-0.2, -0.15) is 0 Å². The van der Waals surface area contributed by atoms with Crippen LogP contribution in [0.2, 0.25) is 0 Å². The zero-order chi connectivity index (χ0) is 38.2. The van der Waals surface area contributed by atoms with Crippen molar-refractivity contribution in [2.75, 3.05) is 26.4 Å². The zero-order valence-corrected chi connectivity index (χ0v) is 33.4. The van der Waals surface area contributed by atoms with E-state index in [2.05, 4.69) is 86.8 Å². The van der Waals surface area contributed by atoms with Crippen molar-refractivity contribution >= 4 is 19.8 Å². The van der Waals surface area contributed by atoms with Crippen LogP contribution in [0.15, 0.2) is 72.9 Å². The van der Waals surface area contributed by atoms with E-state index >= 15 is 0 Å². The number of unbranched alkanes of at least 4 members (excludes halogenated alkanes) is 11. The van der Waals surface area contributed by atoms with Crippen LogP contribution in [0.4, 0.5) is 0 Å². The molecule has 0 fully saturated rings. The largest absolute Gasteiger partial charge is 0.472 e. The lowest BCUT2D eigenvalue weighted by atomic mass is 10.1. The summed E-state index contributed by atoms with van der Waals surface area (Å²) in [5.41, 5.74) is 5.33. The Bertz CT molecular complexity index is 1080. The second-order valence-electron chi connectivity index (χ2n) is 12.8. The van der Waals surface area contributed by atoms with Crippen LogP contribution in [-0.2, 0) is 32.7 Å². The summed E-state index contributed by atoms with van der Waals surface area (Å²) in [5, 5.41) is 0. The minimum Gasteiger partial charge on any atom is -0.462 e. The molecule has 0 saturated carbocycles. The molecule has 10 heteroatoms. The second-order valence-corrected chi connectivity index (χ2v) is 14.2. The normalized spacial score (nSPS) is 14.2. The number of nitrogens with two attached hydrogens (primary N) is 1. The molecular formula is C42H72NO8P. The molecule has 0 radical (unpaired) electrons. The maximum atomic E-state index is 12.5. The summed E-state index contributed by atoms with van der Waals surface area (Å²) in [6.07, 6.45) is 45.0. The molecule has 0 amide bonds. The Kier molecular flexibility index (Phi) is 36.3. The van der Waals surface area contributed by atoms with Gasteiger partial charge in [-0.25, -0.2) is 4.57 Å². The molecule has 1 unspecified atom stereocenters. The third kappa shape index (κ3) is 37.2. The Labute approximate surface area is 316 Å². The van der Waals surface area contributed by atoms with Crippen LogP contribution in [0, 0.1) is 0 Å². The fourth-order valence-electron chi connectivity index (χ4n) is 4.82. The number of rotatable bonds is 36. The van der Waals surface area contributed by atoms with Gasteiger partial charge in [-0.05, 0) is 77.0 Å². The van der Waals surface area contributed by atoms with E-state index in [0.717, 1.165) is 89.9 Å². The van der Waals surface area contributed by atoms with Crippen LogP contribution in [0.25, 0.3) is 0 Å². The maximum absolute atomic E-state index is 12.5. The molecule has 0 rings (SSSR count). The summed E-state index contributed by atoms with van der Waals surface area (Å²) in [4.78, 5) is 34.8. The van der Waals surface area contributed by atoms with Crippen molar-refractivity contribution in [1.82, 2.24) is 0 Å². The summed E-state index contributed by atoms with van der Waals surface area (Å²) >= 11 is 0. The van der Waals surface area contributed by atoms with Crippen molar-refractivity contribution in [1.29, 1.82) is 0 Å². The van der Waals surface area contributed by atoms with Crippen molar-refractivity contribution in [3.8, 4) is 0 Å². The van der Waals surface area contributed by atoms with E-state index in [4.69, 9.17) is 24.3 Å². The lowest BCUT2D eigenvalue weighted by molar-refractivity contribution is -0.161. The van der Waals surface area contributed by atoms with E-state index in [-0.39, 0.29) is 32.6 Å². The summed E-state index contributed by atoms with van der Waals surface area (Å²) in [6.45, 7) is 3.54. The first-order chi connectivity index (χ1) is 25.3. The predicted octanol–water partition coefficient (Wildman–Crippen LogP) is 11.1. The van der Waals surface area contributed by atoms with E-state index in [1.165, 1.54) is 19.3 Å². The van der Waals surface area contributed by atoms with Crippen molar-refractivity contribution in [2.45, 2.75) is 155 Å². The fourth-order valence-corrected chi connectivity index (χ4v) is 5.58. The van der Waals surface area contributed by atoms with Crippen molar-refractivity contribution in [3.63, 3.8) is 0 Å². The smallest absolute Gasteiger partial charge is 0.462 e. The van der Waals surface area contributed by atoms with E-state index in [1.54, 1.807) is 0 Å². The summed E-state index contributed by atoms with van der Waals surface area (Å²) < 4.78 is 32.6. The third-order valence-corrected chi connectivity index (χ3v) is 8.78. The number of hydrogen-bond acceptors (Lipinski definition) is 8. The van der Waals surface area contributed by atoms with Gasteiger partial charge in [0.2, 0.25) is 0 Å². The van der Waals surface area contributed by atoms with Gasteiger partial charge < -0.3 is 20.1 Å². The molecule has 0 aromatic rings. The number of carbonyl (C=O) groups excluding carboxylic acids is 2. The highest BCUT2D eigenvalue weighted by atomic mass is 31.2. The standard InChI is InChI=1S/C42H72NO8P/c1-3-5-7-9-11-13-15-17-19-20-21-23-24-26-28-30-32-34-41(44)48-38-40(39-50-52(46,47)49-37-36-43)51-42(45)35-33-31-29-27-25-22-18-16-14-12-10-8-6-4-2/h7,9-10,12-13,15-16,18-20,23-24,40H,3-6,8,11,14,17,21-22,25-39,43H2,1-2H3,(H,46,47)/b9-7+,12-10+,15-13+,18-16+,20-19+,24-23+/t40-/m1/s1. The molecule has 0 aromatic heterocycles. The van der Waals surface area contributed by atoms with Crippen LogP contribution in [0.1, 0.15) is 149 Å². The lowest BCUT2D eigenvalue weighted by Gasteiger charge is -2.19. The molecule has 0 spiro atoms. The third-order valence-electron chi connectivity index (χ3n) is 7.80. The molecule has 2 atom stereocenters. The number of carbonyl (C=O) groups is 2. The Morgan fingerprint density at radius 3 is 1.58 bits per heavy atom. The average molecular weight is 750 g/mol. The quantitative estimate of drug-likeness (QED) is 0.0278. The molecule has 0 heterocycles. The number of hydrogen-bond donors (Lipinski definition) is 2. The van der Waals surface area contributed by atoms with Crippen LogP contribution in [-0.4, -0.2) is 49.3 Å². The number of phosphoric ester groups is 1. The summed E-state index contributed by atoms with van der Waals surface area (Å²) in [6, 6.07) is 0. The molecule has 52 heavy (non-hydrogen) atoms. The van der Waals surface area contributed by atoms with Crippen LogP contribution < -0.4 is 5.73 Å². The van der Waals surface area contributed by atoms with Gasteiger partial charge >= 0.3 is 19.8 Å². The Hall–Kier alpha value is -2.55. The van der Waals surface area contributed by atoms with Crippen molar-refractivity contribution < 1.29 is 37.6 Å². The van der Waals surface area contributed by atoms with E-state index in [1.807, 2.05) is 0 Å². The zero-order valence-electron chi connectivity index (χ0n) is 32.5. The van der Waals surface area contributed by atoms with Gasteiger partial charge in [-0.15, -0.1) is 0 Å². The molecular weight excluding hydrogens is 677 g/mol. The highest BCUT2D eigenvalue weighted by molar-refractivity contribution is 7.47. The number of ether oxygens (including phenoxy) is 2. The van der Waals surface area contributed by atoms with E-state index < -0.39 is 32.5 Å². The first-order valence-corrected chi connectivity index (χ1v) is 21.4. The molecule has 0 aliphatic carbocycles. The molecule has 0 aliphatic heterocycles. The van der Waals surface area contributed by atoms with Gasteiger partial charge in [0.1, 0.15) is 6.61 Å². The lowest BCUT2D eigenvalue weighted by Crippen LogP contribution is -2.29. The Morgan fingerprint density at radius 1 is 0.577 bits per heavy atom. The highest BCUT2D eigenvalue weighted by Crippen LogP contribution is 2.43. The second kappa shape index (κ2) is 38.2. The maximum Gasteiger partial charge on any atom is 0.472 e. The summed E-state index contributed by atoms with van der Waals surface area (Å²) in [7, 11) is -4.39. The van der Waals surface area contributed by atoms with E-state index in [0.29, 0.717) is 12.8 Å². The van der Waals surface area contributed by atoms with Gasteiger partial charge in [-0.1, -0.05) is 132 Å². The van der Waals surface area contributed by atoms with Crippen molar-refractivity contribution in [3.05, 3.63) is 72.9 Å². The first-order valence-electron chi connectivity index (χ1n) is 19.9.